The van der Waals surface area contributed by atoms with Crippen LogP contribution in [0.2, 0.25) is 0 Å². The van der Waals surface area contributed by atoms with Gasteiger partial charge in [-0.25, -0.2) is 4.39 Å². The van der Waals surface area contributed by atoms with Crippen LogP contribution in [0.4, 0.5) is 21.5 Å². The first-order valence-electron chi connectivity index (χ1n) is 8.82. The minimum Gasteiger partial charge on any atom is -0.376 e. The lowest BCUT2D eigenvalue weighted by molar-refractivity contribution is -0.116. The molecule has 3 N–H and O–H groups in total. The Bertz CT molecular complexity index is 947. The highest BCUT2D eigenvalue weighted by Crippen LogP contribution is 2.20. The van der Waals surface area contributed by atoms with Crippen molar-refractivity contribution >= 4 is 28.9 Å². The average molecular weight is 377 g/mol. The van der Waals surface area contributed by atoms with Gasteiger partial charge in [0.15, 0.2) is 0 Å². The Hall–Kier alpha value is -3.67. The van der Waals surface area contributed by atoms with Crippen LogP contribution in [0.25, 0.3) is 0 Å². The van der Waals surface area contributed by atoms with Crippen molar-refractivity contribution in [1.29, 1.82) is 0 Å². The van der Waals surface area contributed by atoms with Gasteiger partial charge >= 0.3 is 0 Å². The van der Waals surface area contributed by atoms with E-state index in [0.29, 0.717) is 11.4 Å². The maximum absolute atomic E-state index is 14.0. The van der Waals surface area contributed by atoms with Crippen molar-refractivity contribution in [2.24, 2.45) is 0 Å². The van der Waals surface area contributed by atoms with Crippen molar-refractivity contribution in [2.75, 3.05) is 22.5 Å². The monoisotopic (exact) mass is 377 g/mol. The number of carbonyl (C=O) groups is 2. The van der Waals surface area contributed by atoms with Gasteiger partial charge in [-0.1, -0.05) is 48.5 Å². The molecule has 0 saturated carbocycles. The van der Waals surface area contributed by atoms with Crippen molar-refractivity contribution in [3.05, 3.63) is 90.2 Å². The summed E-state index contributed by atoms with van der Waals surface area (Å²) < 4.78 is 14.0. The van der Waals surface area contributed by atoms with E-state index in [0.717, 1.165) is 5.56 Å². The minimum atomic E-state index is -0.541. The quantitative estimate of drug-likeness (QED) is 0.582. The zero-order valence-corrected chi connectivity index (χ0v) is 15.1. The molecule has 0 unspecified atom stereocenters. The van der Waals surface area contributed by atoms with Crippen LogP contribution in [0.15, 0.2) is 78.9 Å². The number of hydrogen-bond acceptors (Lipinski definition) is 3. The molecule has 6 heteroatoms. The Balaban J connectivity index is 1.56. The van der Waals surface area contributed by atoms with Crippen molar-refractivity contribution in [3.8, 4) is 0 Å². The Kier molecular flexibility index (Phi) is 6.36. The lowest BCUT2D eigenvalue weighted by atomic mass is 10.1. The molecule has 0 radical (unpaired) electrons. The van der Waals surface area contributed by atoms with Crippen LogP contribution in [0.3, 0.4) is 0 Å². The van der Waals surface area contributed by atoms with Crippen molar-refractivity contribution in [2.45, 2.75) is 6.42 Å². The van der Waals surface area contributed by atoms with E-state index in [1.807, 2.05) is 48.5 Å². The number of hydrogen-bond donors (Lipinski definition) is 3. The Morgan fingerprint density at radius 2 is 1.43 bits per heavy atom. The molecular weight excluding hydrogens is 357 g/mol. The number of nitrogens with one attached hydrogen (secondary N) is 3. The number of halogens is 1. The molecule has 0 spiro atoms. The summed E-state index contributed by atoms with van der Waals surface area (Å²) >= 11 is 0. The predicted molar refractivity (Wildman–Crippen MR) is 109 cm³/mol. The fourth-order valence-electron chi connectivity index (χ4n) is 2.62. The van der Waals surface area contributed by atoms with Gasteiger partial charge in [-0.3, -0.25) is 9.59 Å². The van der Waals surface area contributed by atoms with Gasteiger partial charge in [0.25, 0.3) is 0 Å². The molecule has 5 nitrogen and oxygen atoms in total. The number of carbonyl (C=O) groups excluding carboxylic acids is 2. The Morgan fingerprint density at radius 1 is 0.750 bits per heavy atom. The second kappa shape index (κ2) is 9.32. The Morgan fingerprint density at radius 3 is 2.14 bits per heavy atom. The van der Waals surface area contributed by atoms with E-state index in [2.05, 4.69) is 16.0 Å². The minimum absolute atomic E-state index is 0.0118. The van der Waals surface area contributed by atoms with Crippen LogP contribution in [-0.4, -0.2) is 18.4 Å². The third kappa shape index (κ3) is 5.67. The summed E-state index contributed by atoms with van der Waals surface area (Å²) in [5.74, 6) is -1.09. The van der Waals surface area contributed by atoms with Crippen LogP contribution < -0.4 is 16.0 Å². The van der Waals surface area contributed by atoms with Crippen molar-refractivity contribution < 1.29 is 14.0 Å². The Labute approximate surface area is 162 Å². The molecule has 3 aromatic rings. The third-order valence-corrected chi connectivity index (χ3v) is 3.96. The largest absolute Gasteiger partial charge is 0.376 e. The number of para-hydroxylation sites is 1. The molecule has 0 aliphatic rings. The van der Waals surface area contributed by atoms with Gasteiger partial charge in [0, 0.05) is 11.4 Å². The molecule has 0 fully saturated rings. The number of rotatable bonds is 7. The predicted octanol–water partition coefficient (Wildman–Crippen LogP) is 4.06. The molecule has 0 atom stereocenters. The van der Waals surface area contributed by atoms with E-state index in [9.17, 15) is 14.0 Å². The summed E-state index contributed by atoms with van der Waals surface area (Å²) in [4.78, 5) is 24.2. The summed E-state index contributed by atoms with van der Waals surface area (Å²) in [7, 11) is 0. The number of anilines is 3. The van der Waals surface area contributed by atoms with Crippen LogP contribution in [0.1, 0.15) is 5.56 Å². The van der Waals surface area contributed by atoms with Crippen LogP contribution in [0.5, 0.6) is 0 Å². The molecule has 3 rings (SSSR count). The molecular formula is C22H20FN3O2. The third-order valence-electron chi connectivity index (χ3n) is 3.96. The summed E-state index contributed by atoms with van der Waals surface area (Å²) in [6.07, 6.45) is 0.150. The second-order valence-electron chi connectivity index (χ2n) is 6.17. The van der Waals surface area contributed by atoms with E-state index in [1.54, 1.807) is 12.1 Å². The van der Waals surface area contributed by atoms with E-state index in [1.165, 1.54) is 18.2 Å². The van der Waals surface area contributed by atoms with E-state index in [-0.39, 0.29) is 30.5 Å². The van der Waals surface area contributed by atoms with Crippen molar-refractivity contribution in [3.63, 3.8) is 0 Å². The van der Waals surface area contributed by atoms with Crippen LogP contribution >= 0.6 is 0 Å². The summed E-state index contributed by atoms with van der Waals surface area (Å²) in [5, 5.41) is 8.25. The van der Waals surface area contributed by atoms with Gasteiger partial charge in [0.2, 0.25) is 11.8 Å². The maximum Gasteiger partial charge on any atom is 0.243 e. The van der Waals surface area contributed by atoms with E-state index < -0.39 is 5.82 Å². The number of benzene rings is 3. The highest BCUT2D eigenvalue weighted by molar-refractivity contribution is 5.94. The lowest BCUT2D eigenvalue weighted by Crippen LogP contribution is -2.22. The first-order valence-corrected chi connectivity index (χ1v) is 8.82. The van der Waals surface area contributed by atoms with Gasteiger partial charge in [0.1, 0.15) is 5.82 Å². The van der Waals surface area contributed by atoms with Crippen LogP contribution in [0, 0.1) is 5.82 Å². The zero-order valence-electron chi connectivity index (χ0n) is 15.1. The molecule has 3 aromatic carbocycles. The van der Waals surface area contributed by atoms with Gasteiger partial charge in [-0.15, -0.1) is 0 Å². The highest BCUT2D eigenvalue weighted by atomic mass is 19.1. The smallest absolute Gasteiger partial charge is 0.243 e. The average Bonchev–Trinajstić information content (AvgIpc) is 2.70. The van der Waals surface area contributed by atoms with Gasteiger partial charge in [0.05, 0.1) is 18.7 Å². The van der Waals surface area contributed by atoms with Gasteiger partial charge in [-0.05, 0) is 35.9 Å². The molecule has 142 valence electrons. The summed E-state index contributed by atoms with van der Waals surface area (Å²) in [5.41, 5.74) is 2.13. The first kappa shape index (κ1) is 19.1. The molecule has 0 aromatic heterocycles. The van der Waals surface area contributed by atoms with Gasteiger partial charge < -0.3 is 16.0 Å². The second-order valence-corrected chi connectivity index (χ2v) is 6.17. The number of amides is 2. The fourth-order valence-corrected chi connectivity index (χ4v) is 2.62. The fraction of sp³-hybridized carbons (Fsp3) is 0.0909. The normalized spacial score (nSPS) is 10.2. The first-order chi connectivity index (χ1) is 13.6. The maximum atomic E-state index is 14.0. The molecule has 0 bridgehead atoms. The topological polar surface area (TPSA) is 70.2 Å². The summed E-state index contributed by atoms with van der Waals surface area (Å²) in [6.45, 7) is 0.0118. The van der Waals surface area contributed by atoms with E-state index in [4.69, 9.17) is 0 Å². The molecule has 0 aliphatic carbocycles. The standard InChI is InChI=1S/C22H20FN3O2/c23-19-12-11-18(24-15-22(28)25-17-9-5-2-6-10-17)14-20(19)26-21(27)13-16-7-3-1-4-8-16/h1-12,14,24H,13,15H2,(H,25,28)(H,26,27). The zero-order chi connectivity index (χ0) is 19.8. The highest BCUT2D eigenvalue weighted by Gasteiger charge is 2.10. The van der Waals surface area contributed by atoms with Gasteiger partial charge in [-0.2, -0.15) is 0 Å². The summed E-state index contributed by atoms with van der Waals surface area (Å²) in [6, 6.07) is 22.5. The SMILES string of the molecule is O=C(CNc1ccc(F)c(NC(=O)Cc2ccccc2)c1)Nc1ccccc1. The molecule has 2 amide bonds. The van der Waals surface area contributed by atoms with Crippen molar-refractivity contribution in [1.82, 2.24) is 0 Å². The van der Waals surface area contributed by atoms with Crippen LogP contribution in [-0.2, 0) is 16.0 Å². The molecule has 0 saturated heterocycles. The molecule has 0 aliphatic heterocycles. The van der Waals surface area contributed by atoms with E-state index >= 15 is 0 Å². The lowest BCUT2D eigenvalue weighted by Gasteiger charge is -2.11. The molecule has 0 heterocycles. The molecule has 28 heavy (non-hydrogen) atoms.